The predicted molar refractivity (Wildman–Crippen MR) is 91.0 cm³/mol. The molecule has 0 fully saturated rings. The zero-order chi connectivity index (χ0) is 17.6. The third-order valence-electron chi connectivity index (χ3n) is 3.53. The molecule has 3 rings (SSSR count). The molecule has 0 aliphatic heterocycles. The lowest BCUT2D eigenvalue weighted by atomic mass is 10.1. The Kier molecular flexibility index (Phi) is 4.89. The van der Waals surface area contributed by atoms with Gasteiger partial charge in [-0.2, -0.15) is 0 Å². The number of pyridine rings is 1. The Morgan fingerprint density at radius 3 is 2.48 bits per heavy atom. The van der Waals surface area contributed by atoms with Gasteiger partial charge in [-0.15, -0.1) is 10.2 Å². The number of hydrogen-bond acceptors (Lipinski definition) is 6. The van der Waals surface area contributed by atoms with E-state index in [1.165, 1.54) is 0 Å². The highest BCUT2D eigenvalue weighted by atomic mass is 16.5. The number of carbonyl (C=O) groups excluding carboxylic acids is 1. The van der Waals surface area contributed by atoms with Crippen LogP contribution in [0.3, 0.4) is 0 Å². The van der Waals surface area contributed by atoms with Crippen LogP contribution in [-0.4, -0.2) is 39.9 Å². The van der Waals surface area contributed by atoms with Crippen LogP contribution in [0.4, 0.5) is 5.69 Å². The van der Waals surface area contributed by atoms with Crippen LogP contribution in [0.15, 0.2) is 49.2 Å². The molecule has 0 aliphatic rings. The second kappa shape index (κ2) is 7.43. The number of aromatic nitrogens is 4. The molecule has 0 saturated carbocycles. The second-order valence-corrected chi connectivity index (χ2v) is 5.19. The maximum atomic E-state index is 12.2. The Hall–Kier alpha value is -3.42. The van der Waals surface area contributed by atoms with Gasteiger partial charge in [-0.05, 0) is 29.8 Å². The van der Waals surface area contributed by atoms with E-state index in [9.17, 15) is 4.79 Å². The molecule has 3 aromatic rings. The van der Waals surface area contributed by atoms with Crippen molar-refractivity contribution in [1.29, 1.82) is 0 Å². The van der Waals surface area contributed by atoms with Crippen LogP contribution >= 0.6 is 0 Å². The molecule has 8 nitrogen and oxygen atoms in total. The predicted octanol–water partition coefficient (Wildman–Crippen LogP) is 1.86. The van der Waals surface area contributed by atoms with Crippen LogP contribution in [0.1, 0.15) is 5.56 Å². The molecule has 0 radical (unpaired) electrons. The number of ether oxygens (including phenoxy) is 2. The maximum absolute atomic E-state index is 12.2. The zero-order valence-electron chi connectivity index (χ0n) is 13.8. The van der Waals surface area contributed by atoms with Crippen molar-refractivity contribution in [3.8, 4) is 17.3 Å². The van der Waals surface area contributed by atoms with Crippen LogP contribution in [0.5, 0.6) is 11.5 Å². The minimum atomic E-state index is -0.147. The molecule has 25 heavy (non-hydrogen) atoms. The fraction of sp³-hybridized carbons (Fsp3) is 0.176. The van der Waals surface area contributed by atoms with Gasteiger partial charge >= 0.3 is 0 Å². The summed E-state index contributed by atoms with van der Waals surface area (Å²) in [6, 6.07) is 8.93. The molecule has 0 bridgehead atoms. The van der Waals surface area contributed by atoms with Crippen molar-refractivity contribution >= 4 is 11.6 Å². The van der Waals surface area contributed by atoms with Gasteiger partial charge in [0.15, 0.2) is 11.5 Å². The maximum Gasteiger partial charge on any atom is 0.228 e. The van der Waals surface area contributed by atoms with Crippen LogP contribution in [0.25, 0.3) is 5.82 Å². The van der Waals surface area contributed by atoms with E-state index in [0.29, 0.717) is 23.0 Å². The van der Waals surface area contributed by atoms with Gasteiger partial charge in [0, 0.05) is 0 Å². The molecule has 0 aliphatic carbocycles. The first-order chi connectivity index (χ1) is 12.2. The molecule has 2 heterocycles. The molecular formula is C17H17N5O3. The highest BCUT2D eigenvalue weighted by molar-refractivity contribution is 5.92. The van der Waals surface area contributed by atoms with Crippen LogP contribution in [0.2, 0.25) is 0 Å². The third kappa shape index (κ3) is 3.92. The van der Waals surface area contributed by atoms with Crippen molar-refractivity contribution < 1.29 is 14.3 Å². The molecular weight excluding hydrogens is 322 g/mol. The molecule has 8 heteroatoms. The summed E-state index contributed by atoms with van der Waals surface area (Å²) in [6.45, 7) is 0. The number of nitrogens with zero attached hydrogens (tertiary/aromatic N) is 4. The van der Waals surface area contributed by atoms with Crippen molar-refractivity contribution in [2.45, 2.75) is 6.42 Å². The van der Waals surface area contributed by atoms with Crippen LogP contribution < -0.4 is 14.8 Å². The number of anilines is 1. The summed E-state index contributed by atoms with van der Waals surface area (Å²) in [6.07, 6.45) is 4.91. The summed E-state index contributed by atoms with van der Waals surface area (Å²) in [5.74, 6) is 1.74. The number of methoxy groups -OCH3 is 2. The molecule has 1 amide bonds. The lowest BCUT2D eigenvalue weighted by Gasteiger charge is -2.10. The summed E-state index contributed by atoms with van der Waals surface area (Å²) in [5, 5.41) is 10.3. The van der Waals surface area contributed by atoms with Crippen molar-refractivity contribution in [2.24, 2.45) is 0 Å². The van der Waals surface area contributed by atoms with Crippen molar-refractivity contribution in [3.63, 3.8) is 0 Å². The second-order valence-electron chi connectivity index (χ2n) is 5.19. The number of benzene rings is 1. The number of nitrogens with one attached hydrogen (secondary N) is 1. The smallest absolute Gasteiger partial charge is 0.228 e. The number of carbonyl (C=O) groups is 1. The zero-order valence-corrected chi connectivity index (χ0v) is 13.8. The van der Waals surface area contributed by atoms with Gasteiger partial charge in [-0.3, -0.25) is 9.36 Å². The van der Waals surface area contributed by atoms with Crippen molar-refractivity contribution in [2.75, 3.05) is 19.5 Å². The van der Waals surface area contributed by atoms with Crippen molar-refractivity contribution in [3.05, 3.63) is 54.7 Å². The van der Waals surface area contributed by atoms with E-state index in [4.69, 9.17) is 9.47 Å². The Bertz CT molecular complexity index is 847. The van der Waals surface area contributed by atoms with Gasteiger partial charge in [0.2, 0.25) is 5.91 Å². The number of rotatable bonds is 6. The summed E-state index contributed by atoms with van der Waals surface area (Å²) in [4.78, 5) is 16.5. The van der Waals surface area contributed by atoms with Gasteiger partial charge in [0.1, 0.15) is 18.5 Å². The first kappa shape index (κ1) is 16.4. The minimum absolute atomic E-state index is 0.147. The van der Waals surface area contributed by atoms with E-state index in [1.807, 2.05) is 6.07 Å². The standard InChI is InChI=1S/C17H17N5O3/c1-24-14-5-3-12(7-15(14)25-2)8-17(23)21-13-4-6-16(18-9-13)22-10-19-20-11-22/h3-7,9-11H,8H2,1-2H3,(H,21,23). The topological polar surface area (TPSA) is 91.2 Å². The van der Waals surface area contributed by atoms with Gasteiger partial charge in [0.05, 0.1) is 32.5 Å². The Morgan fingerprint density at radius 1 is 1.08 bits per heavy atom. The summed E-state index contributed by atoms with van der Waals surface area (Å²) in [5.41, 5.74) is 1.44. The fourth-order valence-electron chi connectivity index (χ4n) is 2.31. The van der Waals surface area contributed by atoms with Gasteiger partial charge in [-0.25, -0.2) is 4.98 Å². The van der Waals surface area contributed by atoms with E-state index in [2.05, 4.69) is 20.5 Å². The van der Waals surface area contributed by atoms with Gasteiger partial charge < -0.3 is 14.8 Å². The highest BCUT2D eigenvalue weighted by Crippen LogP contribution is 2.27. The van der Waals surface area contributed by atoms with E-state index >= 15 is 0 Å². The molecule has 0 saturated heterocycles. The largest absolute Gasteiger partial charge is 0.493 e. The van der Waals surface area contributed by atoms with Crippen LogP contribution in [-0.2, 0) is 11.2 Å². The Balaban J connectivity index is 1.64. The molecule has 0 atom stereocenters. The molecule has 1 N–H and O–H groups in total. The van der Waals surface area contributed by atoms with E-state index in [1.54, 1.807) is 61.9 Å². The Labute approximate surface area is 144 Å². The number of hydrogen-bond donors (Lipinski definition) is 1. The van der Waals surface area contributed by atoms with Crippen molar-refractivity contribution in [1.82, 2.24) is 19.7 Å². The molecule has 128 valence electrons. The van der Waals surface area contributed by atoms with E-state index in [0.717, 1.165) is 5.56 Å². The van der Waals surface area contributed by atoms with Crippen LogP contribution in [0, 0.1) is 0 Å². The highest BCUT2D eigenvalue weighted by Gasteiger charge is 2.09. The monoisotopic (exact) mass is 339 g/mol. The lowest BCUT2D eigenvalue weighted by molar-refractivity contribution is -0.115. The molecule has 0 spiro atoms. The SMILES string of the molecule is COc1ccc(CC(=O)Nc2ccc(-n3cnnc3)nc2)cc1OC. The van der Waals surface area contributed by atoms with E-state index in [-0.39, 0.29) is 12.3 Å². The average Bonchev–Trinajstić information content (AvgIpc) is 3.17. The molecule has 0 unspecified atom stereocenters. The normalized spacial score (nSPS) is 10.3. The quantitative estimate of drug-likeness (QED) is 0.737. The molecule has 2 aromatic heterocycles. The van der Waals surface area contributed by atoms with E-state index < -0.39 is 0 Å². The van der Waals surface area contributed by atoms with Gasteiger partial charge in [-0.1, -0.05) is 6.07 Å². The fourth-order valence-corrected chi connectivity index (χ4v) is 2.31. The average molecular weight is 339 g/mol. The summed E-state index contributed by atoms with van der Waals surface area (Å²) >= 11 is 0. The molecule has 1 aromatic carbocycles. The minimum Gasteiger partial charge on any atom is -0.493 e. The lowest BCUT2D eigenvalue weighted by Crippen LogP contribution is -2.14. The Morgan fingerprint density at radius 2 is 1.84 bits per heavy atom. The summed E-state index contributed by atoms with van der Waals surface area (Å²) < 4.78 is 12.1. The van der Waals surface area contributed by atoms with Gasteiger partial charge in [0.25, 0.3) is 0 Å². The number of amides is 1. The summed E-state index contributed by atoms with van der Waals surface area (Å²) in [7, 11) is 3.13. The first-order valence-corrected chi connectivity index (χ1v) is 7.51. The third-order valence-corrected chi connectivity index (χ3v) is 3.53. The first-order valence-electron chi connectivity index (χ1n) is 7.51.